The lowest BCUT2D eigenvalue weighted by molar-refractivity contribution is -0.119. The Bertz CT molecular complexity index is 869. The maximum Gasteiger partial charge on any atom is 0.259 e. The molecule has 0 aliphatic heterocycles. The lowest BCUT2D eigenvalue weighted by atomic mass is 10.1. The third-order valence-corrected chi connectivity index (χ3v) is 4.95. The molecule has 0 saturated heterocycles. The summed E-state index contributed by atoms with van der Waals surface area (Å²) in [5.74, 6) is 1.20. The normalized spacial score (nSPS) is 10.8. The van der Waals surface area contributed by atoms with Gasteiger partial charge in [-0.2, -0.15) is 5.10 Å². The molecule has 0 saturated carbocycles. The van der Waals surface area contributed by atoms with Gasteiger partial charge in [0.1, 0.15) is 0 Å². The highest BCUT2D eigenvalue weighted by atomic mass is 127. The molecule has 0 spiro atoms. The molecule has 0 bridgehead atoms. The van der Waals surface area contributed by atoms with Crippen molar-refractivity contribution in [3.8, 4) is 11.5 Å². The van der Waals surface area contributed by atoms with E-state index in [4.69, 9.17) is 9.47 Å². The Kier molecular flexibility index (Phi) is 9.24. The second kappa shape index (κ2) is 11.6. The lowest BCUT2D eigenvalue weighted by Crippen LogP contribution is -2.25. The minimum absolute atomic E-state index is 0.144. The van der Waals surface area contributed by atoms with E-state index < -0.39 is 0 Å². The molecule has 1 amide bonds. The number of hydrazone groups is 1. The van der Waals surface area contributed by atoms with Gasteiger partial charge in [0.15, 0.2) is 11.5 Å². The van der Waals surface area contributed by atoms with Gasteiger partial charge in [0.25, 0.3) is 5.91 Å². The minimum atomic E-state index is -0.220. The summed E-state index contributed by atoms with van der Waals surface area (Å²) >= 11 is 2.22. The number of aryl methyl sites for hydroxylation is 2. The minimum Gasteiger partial charge on any atom is -0.490 e. The molecule has 29 heavy (non-hydrogen) atoms. The first kappa shape index (κ1) is 23.0. The molecule has 7 heteroatoms. The van der Waals surface area contributed by atoms with Crippen molar-refractivity contribution in [1.29, 1.82) is 0 Å². The fraction of sp³-hybridized carbons (Fsp3) is 0.364. The van der Waals surface area contributed by atoms with E-state index in [9.17, 15) is 4.79 Å². The van der Waals surface area contributed by atoms with E-state index in [0.717, 1.165) is 27.0 Å². The lowest BCUT2D eigenvalue weighted by Gasteiger charge is -2.14. The van der Waals surface area contributed by atoms with Gasteiger partial charge >= 0.3 is 0 Å². The Morgan fingerprint density at radius 3 is 2.62 bits per heavy atom. The second-order valence-electron chi connectivity index (χ2n) is 6.56. The fourth-order valence-corrected chi connectivity index (χ4v) is 3.30. The summed E-state index contributed by atoms with van der Waals surface area (Å²) in [5, 5.41) is 7.15. The Morgan fingerprint density at radius 1 is 1.14 bits per heavy atom. The summed E-state index contributed by atoms with van der Waals surface area (Å²) in [4.78, 5) is 12.0. The van der Waals surface area contributed by atoms with Gasteiger partial charge in [0, 0.05) is 5.69 Å². The van der Waals surface area contributed by atoms with E-state index in [1.54, 1.807) is 6.21 Å². The highest BCUT2D eigenvalue weighted by Gasteiger charge is 2.11. The Hall–Kier alpha value is -2.29. The van der Waals surface area contributed by atoms with Gasteiger partial charge in [-0.25, -0.2) is 5.43 Å². The first-order valence-corrected chi connectivity index (χ1v) is 10.7. The van der Waals surface area contributed by atoms with Crippen molar-refractivity contribution in [1.82, 2.24) is 5.43 Å². The van der Waals surface area contributed by atoms with Gasteiger partial charge in [0.2, 0.25) is 0 Å². The van der Waals surface area contributed by atoms with Gasteiger partial charge in [-0.15, -0.1) is 0 Å². The number of halogens is 1. The predicted octanol–water partition coefficient (Wildman–Crippen LogP) is 4.66. The summed E-state index contributed by atoms with van der Waals surface area (Å²) in [6.07, 6.45) is 2.52. The van der Waals surface area contributed by atoms with Crippen LogP contribution in [0.2, 0.25) is 0 Å². The molecule has 6 nitrogen and oxygen atoms in total. The quantitative estimate of drug-likeness (QED) is 0.278. The van der Waals surface area contributed by atoms with E-state index in [1.165, 1.54) is 11.1 Å². The van der Waals surface area contributed by atoms with Gasteiger partial charge in [-0.05, 0) is 90.7 Å². The third-order valence-electron chi connectivity index (χ3n) is 4.15. The number of amides is 1. The molecule has 0 aliphatic carbocycles. The second-order valence-corrected chi connectivity index (χ2v) is 7.72. The van der Waals surface area contributed by atoms with E-state index in [2.05, 4.69) is 52.3 Å². The number of hydrogen-bond donors (Lipinski definition) is 2. The van der Waals surface area contributed by atoms with Crippen molar-refractivity contribution in [2.45, 2.75) is 34.1 Å². The Balaban J connectivity index is 1.96. The molecule has 2 N–H and O–H groups in total. The number of benzene rings is 2. The van der Waals surface area contributed by atoms with Crippen LogP contribution in [0.4, 0.5) is 5.69 Å². The van der Waals surface area contributed by atoms with Crippen molar-refractivity contribution in [2.75, 3.05) is 25.1 Å². The van der Waals surface area contributed by atoms with Crippen LogP contribution in [0.1, 0.15) is 37.0 Å². The topological polar surface area (TPSA) is 72.0 Å². The molecule has 0 aliphatic rings. The molecule has 0 radical (unpaired) electrons. The fourth-order valence-electron chi connectivity index (χ4n) is 2.52. The van der Waals surface area contributed by atoms with Gasteiger partial charge in [-0.1, -0.05) is 13.0 Å². The van der Waals surface area contributed by atoms with Crippen LogP contribution in [-0.4, -0.2) is 31.9 Å². The SMILES string of the molecule is CCCOc1c(I)cc(/C=N\NC(=O)CNc2ccc(C)c(C)c2)cc1OCC. The molecule has 2 rings (SSSR count). The van der Waals surface area contributed by atoms with Gasteiger partial charge < -0.3 is 14.8 Å². The first-order valence-electron chi connectivity index (χ1n) is 9.66. The molecule has 2 aromatic carbocycles. The zero-order chi connectivity index (χ0) is 21.2. The number of carbonyl (C=O) groups is 1. The molecular formula is C22H28IN3O3. The molecule has 0 fully saturated rings. The number of nitrogens with zero attached hydrogens (tertiary/aromatic N) is 1. The summed E-state index contributed by atoms with van der Waals surface area (Å²) < 4.78 is 12.4. The van der Waals surface area contributed by atoms with Crippen LogP contribution in [0.3, 0.4) is 0 Å². The van der Waals surface area contributed by atoms with Crippen LogP contribution in [0.15, 0.2) is 35.4 Å². The summed E-state index contributed by atoms with van der Waals surface area (Å²) in [7, 11) is 0. The van der Waals surface area contributed by atoms with Crippen LogP contribution < -0.4 is 20.2 Å². The number of ether oxygens (including phenoxy) is 2. The van der Waals surface area contributed by atoms with Crippen molar-refractivity contribution in [3.63, 3.8) is 0 Å². The molecule has 0 heterocycles. The Morgan fingerprint density at radius 2 is 1.93 bits per heavy atom. The van der Waals surface area contributed by atoms with Crippen LogP contribution in [0.25, 0.3) is 0 Å². The first-order chi connectivity index (χ1) is 13.9. The highest BCUT2D eigenvalue weighted by Crippen LogP contribution is 2.34. The summed E-state index contributed by atoms with van der Waals surface area (Å²) in [6, 6.07) is 9.80. The molecule has 0 unspecified atom stereocenters. The largest absolute Gasteiger partial charge is 0.490 e. The van der Waals surface area contributed by atoms with Crippen LogP contribution in [0, 0.1) is 17.4 Å². The number of nitrogens with one attached hydrogen (secondary N) is 2. The maximum absolute atomic E-state index is 12.0. The zero-order valence-corrected chi connectivity index (χ0v) is 19.5. The molecule has 156 valence electrons. The Labute approximate surface area is 186 Å². The van der Waals surface area contributed by atoms with E-state index in [1.807, 2.05) is 44.2 Å². The average Bonchev–Trinajstić information content (AvgIpc) is 2.68. The van der Waals surface area contributed by atoms with Crippen molar-refractivity contribution >= 4 is 40.4 Å². The number of carbonyl (C=O) groups excluding carboxylic acids is 1. The number of hydrogen-bond acceptors (Lipinski definition) is 5. The number of rotatable bonds is 10. The smallest absolute Gasteiger partial charge is 0.259 e. The third kappa shape index (κ3) is 7.23. The number of anilines is 1. The molecule has 0 atom stereocenters. The average molecular weight is 509 g/mol. The molecule has 2 aromatic rings. The standard InChI is InChI=1S/C22H28IN3O3/c1-5-9-29-22-19(23)11-17(12-20(22)28-6-2)13-25-26-21(27)14-24-18-8-7-15(3)16(4)10-18/h7-8,10-13,24H,5-6,9,14H2,1-4H3,(H,26,27)/b25-13-. The monoisotopic (exact) mass is 509 g/mol. The predicted molar refractivity (Wildman–Crippen MR) is 126 cm³/mol. The van der Waals surface area contributed by atoms with Crippen molar-refractivity contribution < 1.29 is 14.3 Å². The van der Waals surface area contributed by atoms with Crippen LogP contribution in [0.5, 0.6) is 11.5 Å². The molecular weight excluding hydrogens is 481 g/mol. The van der Waals surface area contributed by atoms with Crippen LogP contribution >= 0.6 is 22.6 Å². The highest BCUT2D eigenvalue weighted by molar-refractivity contribution is 14.1. The molecule has 0 aromatic heterocycles. The summed E-state index contributed by atoms with van der Waals surface area (Å²) in [5.41, 5.74) is 6.67. The zero-order valence-electron chi connectivity index (χ0n) is 17.3. The van der Waals surface area contributed by atoms with E-state index in [0.29, 0.717) is 19.0 Å². The maximum atomic E-state index is 12.0. The van der Waals surface area contributed by atoms with Gasteiger partial charge in [0.05, 0.1) is 29.5 Å². The van der Waals surface area contributed by atoms with Gasteiger partial charge in [-0.3, -0.25) is 4.79 Å². The van der Waals surface area contributed by atoms with E-state index >= 15 is 0 Å². The van der Waals surface area contributed by atoms with Crippen molar-refractivity contribution in [2.24, 2.45) is 5.10 Å². The van der Waals surface area contributed by atoms with Crippen LogP contribution in [-0.2, 0) is 4.79 Å². The summed E-state index contributed by atoms with van der Waals surface area (Å²) in [6.45, 7) is 9.41. The van der Waals surface area contributed by atoms with E-state index in [-0.39, 0.29) is 12.5 Å². The van der Waals surface area contributed by atoms with Crippen molar-refractivity contribution in [3.05, 3.63) is 50.6 Å².